The minimum atomic E-state index is -1.40. The monoisotopic (exact) mass is 289 g/mol. The van der Waals surface area contributed by atoms with Gasteiger partial charge in [-0.1, -0.05) is 13.8 Å². The molecule has 0 aromatic rings. The lowest BCUT2D eigenvalue weighted by atomic mass is 10.0. The first-order valence-electron chi connectivity index (χ1n) is 6.39. The highest BCUT2D eigenvalue weighted by molar-refractivity contribution is 5.91. The fourth-order valence-corrected chi connectivity index (χ4v) is 1.46. The lowest BCUT2D eigenvalue weighted by molar-refractivity contribution is -0.143. The molecule has 116 valence electrons. The van der Waals surface area contributed by atoms with Gasteiger partial charge in [0.2, 0.25) is 11.8 Å². The predicted octanol–water partition coefficient (Wildman–Crippen LogP) is -1.57. The van der Waals surface area contributed by atoms with E-state index in [1.54, 1.807) is 0 Å². The normalized spacial score (nSPS) is 15.3. The third-order valence-electron chi connectivity index (χ3n) is 2.55. The van der Waals surface area contributed by atoms with Crippen LogP contribution in [0.3, 0.4) is 0 Å². The summed E-state index contributed by atoms with van der Waals surface area (Å²) in [5.74, 6) is -2.39. The summed E-state index contributed by atoms with van der Waals surface area (Å²) in [6, 6.07) is -3.06. The molecule has 0 bridgehead atoms. The van der Waals surface area contributed by atoms with E-state index in [0.29, 0.717) is 6.42 Å². The number of nitrogens with two attached hydrogens (primary N) is 1. The fourth-order valence-electron chi connectivity index (χ4n) is 1.46. The summed E-state index contributed by atoms with van der Waals surface area (Å²) in [6.07, 6.45) is 0.335. The zero-order valence-corrected chi connectivity index (χ0v) is 11.9. The molecule has 8 heteroatoms. The van der Waals surface area contributed by atoms with Crippen LogP contribution in [0.2, 0.25) is 0 Å². The van der Waals surface area contributed by atoms with Gasteiger partial charge < -0.3 is 26.6 Å². The Balaban J connectivity index is 4.80. The van der Waals surface area contributed by atoms with E-state index in [1.807, 2.05) is 13.8 Å². The molecule has 0 aromatic carbocycles. The molecule has 0 aliphatic heterocycles. The van der Waals surface area contributed by atoms with Crippen molar-refractivity contribution in [2.75, 3.05) is 6.61 Å². The van der Waals surface area contributed by atoms with E-state index in [4.69, 9.17) is 15.9 Å². The van der Waals surface area contributed by atoms with Crippen molar-refractivity contribution in [3.05, 3.63) is 0 Å². The van der Waals surface area contributed by atoms with Crippen LogP contribution < -0.4 is 16.4 Å². The fraction of sp³-hybridized carbons (Fsp3) is 0.750. The van der Waals surface area contributed by atoms with Crippen LogP contribution in [-0.2, 0) is 14.4 Å². The van der Waals surface area contributed by atoms with E-state index in [-0.39, 0.29) is 5.92 Å². The Labute approximate surface area is 117 Å². The Bertz CT molecular complexity index is 357. The molecule has 0 saturated heterocycles. The average Bonchev–Trinajstić information content (AvgIpc) is 2.33. The minimum absolute atomic E-state index is 0.108. The van der Waals surface area contributed by atoms with Crippen LogP contribution in [0.15, 0.2) is 0 Å². The van der Waals surface area contributed by atoms with Gasteiger partial charge >= 0.3 is 5.97 Å². The van der Waals surface area contributed by atoms with E-state index in [0.717, 1.165) is 0 Å². The first-order valence-corrected chi connectivity index (χ1v) is 6.39. The summed E-state index contributed by atoms with van der Waals surface area (Å²) >= 11 is 0. The molecule has 0 heterocycles. The zero-order valence-electron chi connectivity index (χ0n) is 11.9. The largest absolute Gasteiger partial charge is 0.480 e. The van der Waals surface area contributed by atoms with E-state index in [1.165, 1.54) is 6.92 Å². The highest BCUT2D eigenvalue weighted by Gasteiger charge is 2.27. The number of rotatable bonds is 8. The van der Waals surface area contributed by atoms with Gasteiger partial charge in [0, 0.05) is 0 Å². The van der Waals surface area contributed by atoms with Crippen molar-refractivity contribution in [2.45, 2.75) is 45.3 Å². The predicted molar refractivity (Wildman–Crippen MR) is 71.7 cm³/mol. The molecule has 0 aromatic heterocycles. The Morgan fingerprint density at radius 1 is 1.05 bits per heavy atom. The molecule has 0 radical (unpaired) electrons. The number of aliphatic hydroxyl groups excluding tert-OH is 1. The second kappa shape index (κ2) is 8.49. The second-order valence-electron chi connectivity index (χ2n) is 5.06. The number of amides is 2. The molecule has 2 amide bonds. The molecule has 6 N–H and O–H groups in total. The second-order valence-corrected chi connectivity index (χ2v) is 5.06. The Kier molecular flexibility index (Phi) is 7.78. The maximum atomic E-state index is 12.0. The van der Waals surface area contributed by atoms with Crippen molar-refractivity contribution in [2.24, 2.45) is 11.7 Å². The van der Waals surface area contributed by atoms with Crippen LogP contribution in [0.25, 0.3) is 0 Å². The summed E-state index contributed by atoms with van der Waals surface area (Å²) in [4.78, 5) is 34.3. The maximum Gasteiger partial charge on any atom is 0.328 e. The van der Waals surface area contributed by atoms with Gasteiger partial charge in [-0.3, -0.25) is 9.59 Å². The van der Waals surface area contributed by atoms with Gasteiger partial charge in [-0.2, -0.15) is 0 Å². The molecular formula is C12H23N3O5. The molecule has 0 fully saturated rings. The summed E-state index contributed by atoms with van der Waals surface area (Å²) in [5.41, 5.74) is 5.41. The van der Waals surface area contributed by atoms with Gasteiger partial charge in [0.15, 0.2) is 0 Å². The molecule has 0 spiro atoms. The topological polar surface area (TPSA) is 142 Å². The SMILES string of the molecule is CC(C)C[C@H](NC(=O)[C@H](C)N)C(=O)N[C@@H](CO)C(=O)O. The summed E-state index contributed by atoms with van der Waals surface area (Å²) in [7, 11) is 0. The smallest absolute Gasteiger partial charge is 0.328 e. The third-order valence-corrected chi connectivity index (χ3v) is 2.55. The highest BCUT2D eigenvalue weighted by Crippen LogP contribution is 2.05. The Hall–Kier alpha value is -1.67. The average molecular weight is 289 g/mol. The van der Waals surface area contributed by atoms with Crippen molar-refractivity contribution in [1.82, 2.24) is 10.6 Å². The van der Waals surface area contributed by atoms with Crippen LogP contribution in [0, 0.1) is 5.92 Å². The van der Waals surface area contributed by atoms with Crippen LogP contribution in [0.4, 0.5) is 0 Å². The molecule has 0 aliphatic carbocycles. The van der Waals surface area contributed by atoms with Gasteiger partial charge in [0.05, 0.1) is 12.6 Å². The minimum Gasteiger partial charge on any atom is -0.480 e. The number of hydrogen-bond donors (Lipinski definition) is 5. The van der Waals surface area contributed by atoms with Crippen LogP contribution >= 0.6 is 0 Å². The maximum absolute atomic E-state index is 12.0. The van der Waals surface area contributed by atoms with Gasteiger partial charge in [-0.25, -0.2) is 4.79 Å². The van der Waals surface area contributed by atoms with Crippen molar-refractivity contribution in [3.63, 3.8) is 0 Å². The third kappa shape index (κ3) is 6.48. The molecule has 0 unspecified atom stereocenters. The van der Waals surface area contributed by atoms with Crippen molar-refractivity contribution in [1.29, 1.82) is 0 Å². The molecule has 8 nitrogen and oxygen atoms in total. The summed E-state index contributed by atoms with van der Waals surface area (Å²) < 4.78 is 0. The summed E-state index contributed by atoms with van der Waals surface area (Å²) in [5, 5.41) is 22.3. The Morgan fingerprint density at radius 3 is 1.90 bits per heavy atom. The number of nitrogens with one attached hydrogen (secondary N) is 2. The van der Waals surface area contributed by atoms with E-state index in [2.05, 4.69) is 10.6 Å². The zero-order chi connectivity index (χ0) is 15.9. The summed E-state index contributed by atoms with van der Waals surface area (Å²) in [6.45, 7) is 4.47. The molecule has 0 saturated carbocycles. The number of carboxylic acids is 1. The van der Waals surface area contributed by atoms with Crippen LogP contribution in [0.1, 0.15) is 27.2 Å². The van der Waals surface area contributed by atoms with E-state index in [9.17, 15) is 14.4 Å². The molecule has 3 atom stereocenters. The first-order chi connectivity index (χ1) is 9.18. The molecular weight excluding hydrogens is 266 g/mol. The molecule has 0 aliphatic rings. The van der Waals surface area contributed by atoms with Crippen molar-refractivity contribution in [3.8, 4) is 0 Å². The van der Waals surface area contributed by atoms with Crippen LogP contribution in [-0.4, -0.2) is 52.7 Å². The quantitative estimate of drug-likeness (QED) is 0.365. The number of aliphatic carboxylic acids is 1. The first kappa shape index (κ1) is 18.3. The van der Waals surface area contributed by atoms with Gasteiger partial charge in [0.1, 0.15) is 12.1 Å². The standard InChI is InChI=1S/C12H23N3O5/c1-6(2)4-8(14-10(17)7(3)13)11(18)15-9(5-16)12(19)20/h6-9,16H,4-5,13H2,1-3H3,(H,14,17)(H,15,18)(H,19,20)/t7-,8-,9-/m0/s1. The highest BCUT2D eigenvalue weighted by atomic mass is 16.4. The van der Waals surface area contributed by atoms with Gasteiger partial charge in [0.25, 0.3) is 0 Å². The van der Waals surface area contributed by atoms with Gasteiger partial charge in [-0.15, -0.1) is 0 Å². The number of carboxylic acid groups (broad SMARTS) is 1. The van der Waals surface area contributed by atoms with Crippen molar-refractivity contribution >= 4 is 17.8 Å². The number of carbonyl (C=O) groups excluding carboxylic acids is 2. The van der Waals surface area contributed by atoms with Crippen molar-refractivity contribution < 1.29 is 24.6 Å². The van der Waals surface area contributed by atoms with E-state index < -0.39 is 42.5 Å². The van der Waals surface area contributed by atoms with Crippen LogP contribution in [0.5, 0.6) is 0 Å². The lowest BCUT2D eigenvalue weighted by Crippen LogP contribution is -2.55. The van der Waals surface area contributed by atoms with Gasteiger partial charge in [-0.05, 0) is 19.3 Å². The molecule has 0 rings (SSSR count). The molecule has 20 heavy (non-hydrogen) atoms. The Morgan fingerprint density at radius 2 is 1.55 bits per heavy atom. The number of aliphatic hydroxyl groups is 1. The lowest BCUT2D eigenvalue weighted by Gasteiger charge is -2.22. The number of hydrogen-bond acceptors (Lipinski definition) is 5. The van der Waals surface area contributed by atoms with E-state index >= 15 is 0 Å². The number of carbonyl (C=O) groups is 3.